The number of likely N-dealkylation sites (tertiary alicyclic amines) is 1. The van der Waals surface area contributed by atoms with Crippen LogP contribution >= 0.6 is 23.4 Å². The van der Waals surface area contributed by atoms with E-state index in [1.807, 2.05) is 18.4 Å². The Bertz CT molecular complexity index is 439. The molecule has 3 nitrogen and oxygen atoms in total. The monoisotopic (exact) mass is 270 g/mol. The Balaban J connectivity index is 2.24. The number of rotatable bonds is 2. The highest BCUT2D eigenvalue weighted by atomic mass is 35.5. The molecule has 92 valence electrons. The number of amides is 1. The fourth-order valence-corrected chi connectivity index (χ4v) is 2.58. The van der Waals surface area contributed by atoms with E-state index >= 15 is 0 Å². The van der Waals surface area contributed by atoms with Gasteiger partial charge < -0.3 is 10.6 Å². The molecule has 2 N–H and O–H groups in total. The molecule has 0 aromatic heterocycles. The zero-order valence-electron chi connectivity index (χ0n) is 9.65. The lowest BCUT2D eigenvalue weighted by Crippen LogP contribution is -2.32. The summed E-state index contributed by atoms with van der Waals surface area (Å²) >= 11 is 7.67. The summed E-state index contributed by atoms with van der Waals surface area (Å²) in [6, 6.07) is 5.64. The molecule has 1 aromatic rings. The van der Waals surface area contributed by atoms with Gasteiger partial charge in [-0.15, -0.1) is 11.8 Å². The summed E-state index contributed by atoms with van der Waals surface area (Å²) in [4.78, 5) is 15.1. The molecule has 1 aliphatic heterocycles. The summed E-state index contributed by atoms with van der Waals surface area (Å²) in [5.74, 6) is -0.0150. The average Bonchev–Trinajstić information content (AvgIpc) is 2.76. The van der Waals surface area contributed by atoms with E-state index in [9.17, 15) is 4.79 Å². The van der Waals surface area contributed by atoms with Gasteiger partial charge in [0.15, 0.2) is 0 Å². The topological polar surface area (TPSA) is 46.3 Å². The number of hydrogen-bond acceptors (Lipinski definition) is 3. The summed E-state index contributed by atoms with van der Waals surface area (Å²) < 4.78 is 0. The van der Waals surface area contributed by atoms with Gasteiger partial charge in [0.2, 0.25) is 0 Å². The largest absolute Gasteiger partial charge is 0.337 e. The Morgan fingerprint density at radius 2 is 2.35 bits per heavy atom. The number of benzene rings is 1. The van der Waals surface area contributed by atoms with E-state index in [1.165, 1.54) is 0 Å². The molecule has 1 fully saturated rings. The molecule has 0 bridgehead atoms. The SMILES string of the molecule is CSc1ccc(Cl)c(C(=O)N2CCC(N)C2)c1. The van der Waals surface area contributed by atoms with Crippen LogP contribution in [0.2, 0.25) is 5.02 Å². The maximum atomic E-state index is 12.3. The van der Waals surface area contributed by atoms with E-state index in [0.717, 1.165) is 17.9 Å². The van der Waals surface area contributed by atoms with Gasteiger partial charge >= 0.3 is 0 Å². The van der Waals surface area contributed by atoms with Crippen LogP contribution in [0.25, 0.3) is 0 Å². The maximum Gasteiger partial charge on any atom is 0.255 e. The van der Waals surface area contributed by atoms with Crippen molar-refractivity contribution in [1.29, 1.82) is 0 Å². The number of hydrogen-bond donors (Lipinski definition) is 1. The summed E-state index contributed by atoms with van der Waals surface area (Å²) in [6.07, 6.45) is 2.84. The second kappa shape index (κ2) is 5.29. The summed E-state index contributed by atoms with van der Waals surface area (Å²) in [5, 5.41) is 0.508. The Labute approximate surface area is 110 Å². The molecular formula is C12H15ClN2OS. The van der Waals surface area contributed by atoms with Gasteiger partial charge in [-0.2, -0.15) is 0 Å². The molecule has 1 atom stereocenters. The zero-order valence-corrected chi connectivity index (χ0v) is 11.2. The van der Waals surface area contributed by atoms with E-state index < -0.39 is 0 Å². The smallest absolute Gasteiger partial charge is 0.255 e. The number of nitrogens with zero attached hydrogens (tertiary/aromatic N) is 1. The number of carbonyl (C=O) groups excluding carboxylic acids is 1. The van der Waals surface area contributed by atoms with Crippen molar-refractivity contribution in [2.24, 2.45) is 5.73 Å². The van der Waals surface area contributed by atoms with E-state index in [4.69, 9.17) is 17.3 Å². The lowest BCUT2D eigenvalue weighted by atomic mass is 10.2. The van der Waals surface area contributed by atoms with E-state index in [1.54, 1.807) is 22.7 Å². The van der Waals surface area contributed by atoms with Crippen molar-refractivity contribution < 1.29 is 4.79 Å². The van der Waals surface area contributed by atoms with Crippen LogP contribution in [-0.4, -0.2) is 36.2 Å². The number of thioether (sulfide) groups is 1. The second-order valence-corrected chi connectivity index (χ2v) is 5.43. The highest BCUT2D eigenvalue weighted by Gasteiger charge is 2.25. The first kappa shape index (κ1) is 12.7. The third-order valence-electron chi connectivity index (χ3n) is 2.92. The lowest BCUT2D eigenvalue weighted by Gasteiger charge is -2.17. The Morgan fingerprint density at radius 3 is 2.94 bits per heavy atom. The molecule has 1 aromatic carbocycles. The minimum absolute atomic E-state index is 0.0150. The summed E-state index contributed by atoms with van der Waals surface area (Å²) in [6.45, 7) is 1.35. The van der Waals surface area contributed by atoms with Gasteiger partial charge in [0, 0.05) is 24.0 Å². The predicted octanol–water partition coefficient (Wildman–Crippen LogP) is 2.24. The molecule has 0 spiro atoms. The van der Waals surface area contributed by atoms with Crippen molar-refractivity contribution >= 4 is 29.3 Å². The lowest BCUT2D eigenvalue weighted by molar-refractivity contribution is 0.0791. The maximum absolute atomic E-state index is 12.3. The van der Waals surface area contributed by atoms with E-state index in [2.05, 4.69) is 0 Å². The minimum atomic E-state index is -0.0150. The molecule has 1 aliphatic rings. The molecule has 1 saturated heterocycles. The number of nitrogens with two attached hydrogens (primary N) is 1. The number of halogens is 1. The standard InChI is InChI=1S/C12H15ClN2OS/c1-17-9-2-3-11(13)10(6-9)12(16)15-5-4-8(14)7-15/h2-3,6,8H,4-5,7,14H2,1H3. The van der Waals surface area contributed by atoms with Crippen LogP contribution < -0.4 is 5.73 Å². The second-order valence-electron chi connectivity index (χ2n) is 4.15. The van der Waals surface area contributed by atoms with Gasteiger partial charge in [-0.05, 0) is 30.9 Å². The van der Waals surface area contributed by atoms with Crippen LogP contribution in [0.4, 0.5) is 0 Å². The van der Waals surface area contributed by atoms with Crippen molar-refractivity contribution in [3.8, 4) is 0 Å². The average molecular weight is 271 g/mol. The molecule has 0 aliphatic carbocycles. The first-order chi connectivity index (χ1) is 8.11. The van der Waals surface area contributed by atoms with Crippen LogP contribution in [-0.2, 0) is 0 Å². The van der Waals surface area contributed by atoms with Crippen molar-refractivity contribution in [1.82, 2.24) is 4.90 Å². The van der Waals surface area contributed by atoms with Gasteiger partial charge in [-0.3, -0.25) is 4.79 Å². The normalized spacial score (nSPS) is 19.7. The molecule has 17 heavy (non-hydrogen) atoms. The van der Waals surface area contributed by atoms with Gasteiger partial charge in [0.1, 0.15) is 0 Å². The minimum Gasteiger partial charge on any atom is -0.337 e. The molecule has 0 saturated carbocycles. The van der Waals surface area contributed by atoms with Gasteiger partial charge in [-0.25, -0.2) is 0 Å². The quantitative estimate of drug-likeness (QED) is 0.839. The van der Waals surface area contributed by atoms with Crippen molar-refractivity contribution in [2.75, 3.05) is 19.3 Å². The summed E-state index contributed by atoms with van der Waals surface area (Å²) in [5.41, 5.74) is 6.38. The predicted molar refractivity (Wildman–Crippen MR) is 71.7 cm³/mol. The van der Waals surface area contributed by atoms with Crippen molar-refractivity contribution in [3.05, 3.63) is 28.8 Å². The van der Waals surface area contributed by atoms with Crippen molar-refractivity contribution in [2.45, 2.75) is 17.4 Å². The molecule has 2 rings (SSSR count). The molecule has 1 heterocycles. The molecule has 1 unspecified atom stereocenters. The highest BCUT2D eigenvalue weighted by Crippen LogP contribution is 2.25. The molecule has 0 radical (unpaired) electrons. The zero-order chi connectivity index (χ0) is 12.4. The van der Waals surface area contributed by atoms with Crippen LogP contribution in [0.5, 0.6) is 0 Å². The first-order valence-electron chi connectivity index (χ1n) is 5.50. The van der Waals surface area contributed by atoms with Gasteiger partial charge in [0.25, 0.3) is 5.91 Å². The fraction of sp³-hybridized carbons (Fsp3) is 0.417. The van der Waals surface area contributed by atoms with Gasteiger partial charge in [-0.1, -0.05) is 11.6 Å². The fourth-order valence-electron chi connectivity index (χ4n) is 1.94. The Hall–Kier alpha value is -0.710. The third-order valence-corrected chi connectivity index (χ3v) is 3.97. The number of carbonyl (C=O) groups is 1. The van der Waals surface area contributed by atoms with Crippen LogP contribution in [0.1, 0.15) is 16.8 Å². The van der Waals surface area contributed by atoms with Crippen molar-refractivity contribution in [3.63, 3.8) is 0 Å². The highest BCUT2D eigenvalue weighted by molar-refractivity contribution is 7.98. The van der Waals surface area contributed by atoms with E-state index in [0.29, 0.717) is 17.1 Å². The van der Waals surface area contributed by atoms with E-state index in [-0.39, 0.29) is 11.9 Å². The van der Waals surface area contributed by atoms with Crippen LogP contribution in [0.15, 0.2) is 23.1 Å². The first-order valence-corrected chi connectivity index (χ1v) is 7.10. The Morgan fingerprint density at radius 1 is 1.59 bits per heavy atom. The molecule has 5 heteroatoms. The molecular weight excluding hydrogens is 256 g/mol. The molecule has 1 amide bonds. The van der Waals surface area contributed by atoms with Crippen LogP contribution in [0.3, 0.4) is 0 Å². The Kier molecular flexibility index (Phi) is 3.97. The third kappa shape index (κ3) is 2.76. The summed E-state index contributed by atoms with van der Waals surface area (Å²) in [7, 11) is 0. The van der Waals surface area contributed by atoms with Gasteiger partial charge in [0.05, 0.1) is 10.6 Å². The van der Waals surface area contributed by atoms with Crippen LogP contribution in [0, 0.1) is 0 Å².